The largest absolute Gasteiger partial charge is 0.480 e. The first kappa shape index (κ1) is 11.1. The van der Waals surface area contributed by atoms with Gasteiger partial charge in [0.15, 0.2) is 0 Å². The van der Waals surface area contributed by atoms with Gasteiger partial charge >= 0.3 is 5.97 Å². The van der Waals surface area contributed by atoms with Crippen LogP contribution in [0.25, 0.3) is 0 Å². The van der Waals surface area contributed by atoms with E-state index in [0.29, 0.717) is 5.57 Å². The van der Waals surface area contributed by atoms with Crippen molar-refractivity contribution in [2.75, 3.05) is 13.2 Å². The van der Waals surface area contributed by atoms with Gasteiger partial charge in [0.1, 0.15) is 12.2 Å². The van der Waals surface area contributed by atoms with Crippen LogP contribution in [0.15, 0.2) is 12.2 Å². The number of hydrogen-bond donors (Lipinski definition) is 3. The summed E-state index contributed by atoms with van der Waals surface area (Å²) in [4.78, 5) is 10.5. The molecule has 0 radical (unpaired) electrons. The third kappa shape index (κ3) is 2.60. The Kier molecular flexibility index (Phi) is 3.85. The second-order valence-corrected chi connectivity index (χ2v) is 2.73. The van der Waals surface area contributed by atoms with Crippen molar-refractivity contribution in [2.45, 2.75) is 12.0 Å². The summed E-state index contributed by atoms with van der Waals surface area (Å²) in [5.41, 5.74) is 8.95. The Labute approximate surface area is 70.0 Å². The van der Waals surface area contributed by atoms with Crippen LogP contribution in [0.1, 0.15) is 6.42 Å². The maximum Gasteiger partial charge on any atom is 0.326 e. The molecule has 0 aliphatic heterocycles. The van der Waals surface area contributed by atoms with E-state index in [9.17, 15) is 9.18 Å². The molecule has 0 heterocycles. The molecule has 1 unspecified atom stereocenters. The molecule has 0 aromatic carbocycles. The van der Waals surface area contributed by atoms with Crippen LogP contribution in [0, 0.1) is 0 Å². The number of carbonyl (C=O) groups is 1. The number of rotatable bonds is 5. The molecule has 0 saturated heterocycles. The lowest BCUT2D eigenvalue weighted by Gasteiger charge is -2.21. The first-order chi connectivity index (χ1) is 5.46. The molecule has 5 N–H and O–H groups in total. The Balaban J connectivity index is 4.34. The third-order valence-corrected chi connectivity index (χ3v) is 1.52. The number of halogens is 1. The molecule has 1 atom stereocenters. The Hall–Kier alpha value is -0.940. The van der Waals surface area contributed by atoms with Crippen LogP contribution in [0.3, 0.4) is 0 Å². The molecule has 0 saturated carbocycles. The zero-order chi connectivity index (χ0) is 9.78. The summed E-state index contributed by atoms with van der Waals surface area (Å²) >= 11 is 0. The highest BCUT2D eigenvalue weighted by molar-refractivity contribution is 5.79. The molecular formula is C7H13FN2O2. The minimum absolute atomic E-state index is 0.117. The van der Waals surface area contributed by atoms with Crippen LogP contribution < -0.4 is 11.5 Å². The second kappa shape index (κ2) is 4.18. The van der Waals surface area contributed by atoms with Crippen LogP contribution >= 0.6 is 0 Å². The quantitative estimate of drug-likeness (QED) is 0.499. The Bertz CT molecular complexity index is 196. The fourth-order valence-electron chi connectivity index (χ4n) is 0.698. The fourth-order valence-corrected chi connectivity index (χ4v) is 0.698. The predicted molar refractivity (Wildman–Crippen MR) is 43.3 cm³/mol. The number of aliphatic carboxylic acids is 1. The summed E-state index contributed by atoms with van der Waals surface area (Å²) in [6.45, 7) is 2.45. The van der Waals surface area contributed by atoms with Crippen molar-refractivity contribution in [3.05, 3.63) is 12.2 Å². The van der Waals surface area contributed by atoms with Gasteiger partial charge in [-0.25, -0.2) is 4.39 Å². The Morgan fingerprint density at radius 2 is 2.17 bits per heavy atom. The van der Waals surface area contributed by atoms with Gasteiger partial charge in [0.05, 0.1) is 0 Å². The highest BCUT2D eigenvalue weighted by Gasteiger charge is 2.34. The minimum atomic E-state index is -1.86. The molecule has 5 heteroatoms. The van der Waals surface area contributed by atoms with Gasteiger partial charge in [0, 0.05) is 13.0 Å². The van der Waals surface area contributed by atoms with E-state index >= 15 is 0 Å². The standard InChI is InChI=1S/C7H13FN2O2/c1-5(3-9)2-7(10,4-8)6(11)12/h1-4,9-10H2,(H,11,12). The molecule has 0 amide bonds. The van der Waals surface area contributed by atoms with E-state index in [1.165, 1.54) is 0 Å². The van der Waals surface area contributed by atoms with E-state index in [1.54, 1.807) is 0 Å². The molecule has 0 spiro atoms. The van der Waals surface area contributed by atoms with E-state index < -0.39 is 18.2 Å². The van der Waals surface area contributed by atoms with Crippen molar-refractivity contribution < 1.29 is 14.3 Å². The van der Waals surface area contributed by atoms with Crippen LogP contribution in [0.4, 0.5) is 4.39 Å². The average molecular weight is 176 g/mol. The summed E-state index contributed by atoms with van der Waals surface area (Å²) in [6.07, 6.45) is -0.130. The molecule has 0 bridgehead atoms. The molecule has 0 aromatic rings. The van der Waals surface area contributed by atoms with Gasteiger partial charge < -0.3 is 16.6 Å². The number of nitrogens with two attached hydrogens (primary N) is 2. The third-order valence-electron chi connectivity index (χ3n) is 1.52. The Morgan fingerprint density at radius 3 is 2.42 bits per heavy atom. The zero-order valence-electron chi connectivity index (χ0n) is 6.72. The minimum Gasteiger partial charge on any atom is -0.480 e. The average Bonchev–Trinajstić information content (AvgIpc) is 2.03. The lowest BCUT2D eigenvalue weighted by molar-refractivity contribution is -0.143. The summed E-state index contributed by atoms with van der Waals surface area (Å²) < 4.78 is 12.2. The summed E-state index contributed by atoms with van der Waals surface area (Å²) in [7, 11) is 0. The van der Waals surface area contributed by atoms with Gasteiger partial charge in [0.25, 0.3) is 0 Å². The molecule has 70 valence electrons. The highest BCUT2D eigenvalue weighted by Crippen LogP contribution is 2.13. The van der Waals surface area contributed by atoms with Crippen molar-refractivity contribution >= 4 is 5.97 Å². The monoisotopic (exact) mass is 176 g/mol. The summed E-state index contributed by atoms with van der Waals surface area (Å²) in [6, 6.07) is 0. The van der Waals surface area contributed by atoms with Gasteiger partial charge in [-0.1, -0.05) is 12.2 Å². The smallest absolute Gasteiger partial charge is 0.326 e. The van der Waals surface area contributed by atoms with Gasteiger partial charge in [-0.15, -0.1) is 0 Å². The zero-order valence-corrected chi connectivity index (χ0v) is 6.72. The predicted octanol–water partition coefficient (Wildman–Crippen LogP) is -0.357. The number of alkyl halides is 1. The molecule has 0 aliphatic rings. The van der Waals surface area contributed by atoms with Crippen LogP contribution in [-0.4, -0.2) is 29.8 Å². The second-order valence-electron chi connectivity index (χ2n) is 2.73. The van der Waals surface area contributed by atoms with Crippen molar-refractivity contribution in [1.82, 2.24) is 0 Å². The maximum absolute atomic E-state index is 12.2. The van der Waals surface area contributed by atoms with Gasteiger partial charge in [-0.2, -0.15) is 0 Å². The van der Waals surface area contributed by atoms with Crippen molar-refractivity contribution in [2.24, 2.45) is 11.5 Å². The van der Waals surface area contributed by atoms with Crippen LogP contribution in [-0.2, 0) is 4.79 Å². The van der Waals surface area contributed by atoms with Gasteiger partial charge in [-0.05, 0) is 0 Å². The van der Waals surface area contributed by atoms with E-state index in [1.807, 2.05) is 0 Å². The molecule has 4 nitrogen and oxygen atoms in total. The van der Waals surface area contributed by atoms with Gasteiger partial charge in [-0.3, -0.25) is 4.79 Å². The lowest BCUT2D eigenvalue weighted by atomic mass is 9.94. The maximum atomic E-state index is 12.2. The van der Waals surface area contributed by atoms with E-state index in [0.717, 1.165) is 0 Å². The van der Waals surface area contributed by atoms with Gasteiger partial charge in [0.2, 0.25) is 0 Å². The number of hydrogen-bond acceptors (Lipinski definition) is 3. The highest BCUT2D eigenvalue weighted by atomic mass is 19.1. The molecule has 0 rings (SSSR count). The fraction of sp³-hybridized carbons (Fsp3) is 0.571. The van der Waals surface area contributed by atoms with Crippen molar-refractivity contribution in [3.8, 4) is 0 Å². The topological polar surface area (TPSA) is 89.3 Å². The molecule has 0 aromatic heterocycles. The first-order valence-corrected chi connectivity index (χ1v) is 3.41. The SMILES string of the molecule is C=C(CN)CC(N)(CF)C(=O)O. The Morgan fingerprint density at radius 1 is 1.67 bits per heavy atom. The summed E-state index contributed by atoms with van der Waals surface area (Å²) in [5.74, 6) is -1.38. The molecular weight excluding hydrogens is 163 g/mol. The molecule has 12 heavy (non-hydrogen) atoms. The van der Waals surface area contributed by atoms with E-state index in [2.05, 4.69) is 6.58 Å². The number of carboxylic acid groups (broad SMARTS) is 1. The van der Waals surface area contributed by atoms with E-state index in [4.69, 9.17) is 16.6 Å². The number of carboxylic acids is 1. The van der Waals surface area contributed by atoms with Crippen LogP contribution in [0.2, 0.25) is 0 Å². The van der Waals surface area contributed by atoms with E-state index in [-0.39, 0.29) is 13.0 Å². The summed E-state index contributed by atoms with van der Waals surface area (Å²) in [5, 5.41) is 8.53. The lowest BCUT2D eigenvalue weighted by Crippen LogP contribution is -2.50. The molecule has 0 fully saturated rings. The van der Waals surface area contributed by atoms with Crippen molar-refractivity contribution in [1.29, 1.82) is 0 Å². The normalized spacial score (nSPS) is 15.2. The van der Waals surface area contributed by atoms with Crippen molar-refractivity contribution in [3.63, 3.8) is 0 Å². The van der Waals surface area contributed by atoms with Crippen LogP contribution in [0.5, 0.6) is 0 Å². The molecule has 0 aliphatic carbocycles. The first-order valence-electron chi connectivity index (χ1n) is 3.41.